The number of benzene rings is 1. The van der Waals surface area contributed by atoms with Crippen molar-refractivity contribution in [2.24, 2.45) is 0 Å². The van der Waals surface area contributed by atoms with Crippen LogP contribution in [-0.2, 0) is 25.3 Å². The topological polar surface area (TPSA) is 88.6 Å². The number of halogens is 1. The van der Waals surface area contributed by atoms with Crippen LogP contribution in [-0.4, -0.2) is 96.7 Å². The predicted octanol–water partition coefficient (Wildman–Crippen LogP) is 5.74. The first kappa shape index (κ1) is 32.3. The van der Waals surface area contributed by atoms with Crippen LogP contribution in [0.2, 0.25) is 18.1 Å². The van der Waals surface area contributed by atoms with Gasteiger partial charge in [0.1, 0.15) is 24.4 Å². The van der Waals surface area contributed by atoms with Crippen molar-refractivity contribution in [1.82, 2.24) is 14.7 Å². The van der Waals surface area contributed by atoms with Crippen LogP contribution in [0.4, 0.5) is 14.0 Å². The highest BCUT2D eigenvalue weighted by Crippen LogP contribution is 2.47. The van der Waals surface area contributed by atoms with Gasteiger partial charge in [-0.15, -0.1) is 0 Å². The Morgan fingerprint density at radius 1 is 0.976 bits per heavy atom. The summed E-state index contributed by atoms with van der Waals surface area (Å²) >= 11 is 0. The molecule has 2 saturated heterocycles. The van der Waals surface area contributed by atoms with Crippen molar-refractivity contribution in [2.45, 2.75) is 115 Å². The molecule has 0 N–H and O–H groups in total. The SMILES string of the molecule is CC(C)(C)OC(=O)N1C[C@@H](CO[Si](C)(C)C(C)(C)C)N(C(=O)[C@@H]2C[C@@H](F)CN2C(=O)OCc2ccccc2)CC12CC2. The smallest absolute Gasteiger partial charge is 0.410 e. The summed E-state index contributed by atoms with van der Waals surface area (Å²) in [6.45, 7) is 16.8. The van der Waals surface area contributed by atoms with Crippen molar-refractivity contribution in [3.05, 3.63) is 35.9 Å². The summed E-state index contributed by atoms with van der Waals surface area (Å²) in [7, 11) is -2.19. The summed E-state index contributed by atoms with van der Waals surface area (Å²) in [5.41, 5.74) is -0.382. The lowest BCUT2D eigenvalue weighted by molar-refractivity contribution is -0.144. The third-order valence-electron chi connectivity index (χ3n) is 9.01. The largest absolute Gasteiger partial charge is 0.445 e. The maximum absolute atomic E-state index is 14.8. The Morgan fingerprint density at radius 3 is 2.19 bits per heavy atom. The van der Waals surface area contributed by atoms with Crippen LogP contribution in [0.5, 0.6) is 0 Å². The van der Waals surface area contributed by atoms with E-state index in [1.165, 1.54) is 4.90 Å². The summed E-state index contributed by atoms with van der Waals surface area (Å²) in [4.78, 5) is 45.4. The van der Waals surface area contributed by atoms with Gasteiger partial charge in [-0.3, -0.25) is 14.6 Å². The molecule has 1 aromatic carbocycles. The molecular weight excluding hydrogens is 557 g/mol. The molecule has 3 atom stereocenters. The van der Waals surface area contributed by atoms with Gasteiger partial charge in [0.05, 0.1) is 24.7 Å². The second-order valence-corrected chi connectivity index (χ2v) is 19.4. The number of carbonyl (C=O) groups is 3. The van der Waals surface area contributed by atoms with Crippen LogP contribution in [0.3, 0.4) is 0 Å². The molecule has 4 rings (SSSR count). The molecule has 0 radical (unpaired) electrons. The average Bonchev–Trinajstić information content (AvgIpc) is 3.54. The molecule has 9 nitrogen and oxygen atoms in total. The molecule has 1 saturated carbocycles. The monoisotopic (exact) mass is 605 g/mol. The Bertz CT molecular complexity index is 1150. The molecule has 3 aliphatic rings. The van der Waals surface area contributed by atoms with Gasteiger partial charge in [-0.05, 0) is 57.3 Å². The molecule has 0 aromatic heterocycles. The molecule has 1 aromatic rings. The van der Waals surface area contributed by atoms with Gasteiger partial charge in [-0.25, -0.2) is 14.0 Å². The minimum Gasteiger partial charge on any atom is -0.445 e. The van der Waals surface area contributed by atoms with Gasteiger partial charge in [0, 0.05) is 19.5 Å². The van der Waals surface area contributed by atoms with Gasteiger partial charge in [-0.1, -0.05) is 51.1 Å². The number of alkyl halides is 1. The first-order valence-corrected chi connectivity index (χ1v) is 17.9. The lowest BCUT2D eigenvalue weighted by Crippen LogP contribution is -2.66. The maximum Gasteiger partial charge on any atom is 0.410 e. The average molecular weight is 606 g/mol. The number of ether oxygens (including phenoxy) is 2. The van der Waals surface area contributed by atoms with Crippen LogP contribution in [0, 0.1) is 0 Å². The van der Waals surface area contributed by atoms with E-state index >= 15 is 0 Å². The number of amides is 3. The number of rotatable bonds is 6. The quantitative estimate of drug-likeness (QED) is 0.385. The Morgan fingerprint density at radius 2 is 1.62 bits per heavy atom. The molecule has 2 aliphatic heterocycles. The van der Waals surface area contributed by atoms with E-state index in [0.29, 0.717) is 0 Å². The molecule has 11 heteroatoms. The van der Waals surface area contributed by atoms with Crippen LogP contribution in [0.25, 0.3) is 0 Å². The van der Waals surface area contributed by atoms with Crippen LogP contribution in [0.15, 0.2) is 30.3 Å². The molecular formula is C31H48FN3O6Si. The fourth-order valence-electron chi connectivity index (χ4n) is 5.33. The molecule has 1 aliphatic carbocycles. The standard InChI is InChI=1S/C31H48FN3O6Si/c1-29(2,3)41-28(38)35-18-24(20-40-42(7,8)30(4,5)6)34(21-31(35)14-15-31)26(36)25-16-23(32)17-33(25)27(37)39-19-22-12-10-9-11-13-22/h9-13,23-25H,14-21H2,1-8H3/t23-,24+,25+/m1/s1. The van der Waals surface area contributed by atoms with E-state index < -0.39 is 49.9 Å². The Hall–Kier alpha value is -2.66. The van der Waals surface area contributed by atoms with Crippen molar-refractivity contribution in [3.8, 4) is 0 Å². The normalized spacial score (nSPS) is 24.1. The Kier molecular flexibility index (Phi) is 9.05. The second-order valence-electron chi connectivity index (χ2n) is 14.5. The van der Waals surface area contributed by atoms with Crippen molar-refractivity contribution < 1.29 is 32.7 Å². The van der Waals surface area contributed by atoms with E-state index in [1.54, 1.807) is 9.80 Å². The van der Waals surface area contributed by atoms with Gasteiger partial charge in [0.15, 0.2) is 8.32 Å². The molecule has 0 bridgehead atoms. The van der Waals surface area contributed by atoms with E-state index in [2.05, 4.69) is 33.9 Å². The minimum absolute atomic E-state index is 0.0364. The van der Waals surface area contributed by atoms with Crippen LogP contribution in [0.1, 0.15) is 66.4 Å². The Labute approximate surface area is 250 Å². The zero-order chi connectivity index (χ0) is 31.1. The highest BCUT2D eigenvalue weighted by Gasteiger charge is 2.58. The number of nitrogens with zero attached hydrogens (tertiary/aromatic N) is 3. The molecule has 234 valence electrons. The van der Waals surface area contributed by atoms with Gasteiger partial charge in [0.25, 0.3) is 0 Å². The molecule has 2 heterocycles. The summed E-state index contributed by atoms with van der Waals surface area (Å²) in [5.74, 6) is -0.328. The zero-order valence-corrected chi connectivity index (χ0v) is 27.4. The van der Waals surface area contributed by atoms with E-state index in [-0.39, 0.29) is 50.2 Å². The van der Waals surface area contributed by atoms with E-state index in [1.807, 2.05) is 51.1 Å². The number of hydrogen-bond donors (Lipinski definition) is 0. The third-order valence-corrected chi connectivity index (χ3v) is 13.5. The summed E-state index contributed by atoms with van der Waals surface area (Å²) in [6, 6.07) is 7.79. The summed E-state index contributed by atoms with van der Waals surface area (Å²) < 4.78 is 32.6. The number of carbonyl (C=O) groups excluding carboxylic acids is 3. The predicted molar refractivity (Wildman–Crippen MR) is 160 cm³/mol. The van der Waals surface area contributed by atoms with E-state index in [0.717, 1.165) is 18.4 Å². The fraction of sp³-hybridized carbons (Fsp3) is 0.710. The molecule has 1 spiro atoms. The van der Waals surface area contributed by atoms with Gasteiger partial charge in [-0.2, -0.15) is 0 Å². The zero-order valence-electron chi connectivity index (χ0n) is 26.4. The number of likely N-dealkylation sites (tertiary alicyclic amines) is 1. The highest BCUT2D eigenvalue weighted by atomic mass is 28.4. The second kappa shape index (κ2) is 11.8. The number of piperazine rings is 1. The first-order chi connectivity index (χ1) is 19.4. The van der Waals surface area contributed by atoms with Gasteiger partial charge in [0.2, 0.25) is 5.91 Å². The molecule has 0 unspecified atom stereocenters. The molecule has 42 heavy (non-hydrogen) atoms. The van der Waals surface area contributed by atoms with Crippen molar-refractivity contribution in [3.63, 3.8) is 0 Å². The molecule has 3 amide bonds. The van der Waals surface area contributed by atoms with Gasteiger partial charge >= 0.3 is 12.2 Å². The van der Waals surface area contributed by atoms with E-state index in [9.17, 15) is 18.8 Å². The summed E-state index contributed by atoms with van der Waals surface area (Å²) in [5, 5.41) is -0.0503. The minimum atomic E-state index is -2.19. The molecule has 3 fully saturated rings. The Balaban J connectivity index is 1.56. The number of hydrogen-bond acceptors (Lipinski definition) is 6. The third kappa shape index (κ3) is 7.27. The van der Waals surface area contributed by atoms with E-state index in [4.69, 9.17) is 13.9 Å². The highest BCUT2D eigenvalue weighted by molar-refractivity contribution is 6.74. The maximum atomic E-state index is 14.8. The van der Waals surface area contributed by atoms with Crippen molar-refractivity contribution in [2.75, 3.05) is 26.2 Å². The van der Waals surface area contributed by atoms with Crippen LogP contribution < -0.4 is 0 Å². The summed E-state index contributed by atoms with van der Waals surface area (Å²) in [6.07, 6.45) is -1.05. The van der Waals surface area contributed by atoms with Crippen molar-refractivity contribution in [1.29, 1.82) is 0 Å². The van der Waals surface area contributed by atoms with Gasteiger partial charge < -0.3 is 18.8 Å². The lowest BCUT2D eigenvalue weighted by Gasteiger charge is -2.49. The van der Waals surface area contributed by atoms with Crippen molar-refractivity contribution >= 4 is 26.4 Å². The van der Waals surface area contributed by atoms with Crippen LogP contribution >= 0.6 is 0 Å². The first-order valence-electron chi connectivity index (χ1n) is 15.0. The fourth-order valence-corrected chi connectivity index (χ4v) is 6.37. The lowest BCUT2D eigenvalue weighted by atomic mass is 10.0.